The van der Waals surface area contributed by atoms with Gasteiger partial charge in [0.05, 0.1) is 4.47 Å². The summed E-state index contributed by atoms with van der Waals surface area (Å²) in [5.74, 6) is -0.218. The highest BCUT2D eigenvalue weighted by atomic mass is 79.9. The smallest absolute Gasteiger partial charge is 0.137 e. The van der Waals surface area contributed by atoms with Gasteiger partial charge in [0, 0.05) is 19.1 Å². The molecule has 1 aromatic carbocycles. The Morgan fingerprint density at radius 2 is 2.22 bits per heavy atom. The summed E-state index contributed by atoms with van der Waals surface area (Å²) in [6, 6.07) is 5.42. The maximum absolute atomic E-state index is 13.6. The molecule has 4 heteroatoms. The molecule has 1 aromatic rings. The van der Waals surface area contributed by atoms with Crippen molar-refractivity contribution in [3.05, 3.63) is 34.1 Å². The van der Waals surface area contributed by atoms with E-state index >= 15 is 0 Å². The van der Waals surface area contributed by atoms with E-state index in [4.69, 9.17) is 5.73 Å². The second-order valence-electron chi connectivity index (χ2n) is 5.81. The van der Waals surface area contributed by atoms with Gasteiger partial charge < -0.3 is 5.73 Å². The zero-order valence-corrected chi connectivity index (χ0v) is 12.5. The van der Waals surface area contributed by atoms with Crippen molar-refractivity contribution >= 4 is 15.9 Å². The Morgan fingerprint density at radius 3 is 2.72 bits per heavy atom. The Morgan fingerprint density at radius 1 is 1.50 bits per heavy atom. The second kappa shape index (κ2) is 5.27. The van der Waals surface area contributed by atoms with Crippen molar-refractivity contribution in [3.8, 4) is 0 Å². The molecule has 0 aliphatic carbocycles. The molecule has 0 aromatic heterocycles. The molecule has 2 nitrogen and oxygen atoms in total. The van der Waals surface area contributed by atoms with Crippen LogP contribution in [-0.4, -0.2) is 24.5 Å². The lowest BCUT2D eigenvalue weighted by Crippen LogP contribution is -2.33. The van der Waals surface area contributed by atoms with Gasteiger partial charge in [-0.15, -0.1) is 0 Å². The van der Waals surface area contributed by atoms with Crippen molar-refractivity contribution in [2.75, 3.05) is 19.6 Å². The van der Waals surface area contributed by atoms with E-state index in [0.717, 1.165) is 18.7 Å². The summed E-state index contributed by atoms with van der Waals surface area (Å²) < 4.78 is 14.1. The maximum Gasteiger partial charge on any atom is 0.137 e. The van der Waals surface area contributed by atoms with Crippen LogP contribution in [-0.2, 0) is 0 Å². The molecular weight excluding hydrogens is 295 g/mol. The fourth-order valence-corrected chi connectivity index (χ4v) is 2.88. The molecule has 0 amide bonds. The maximum atomic E-state index is 13.6. The summed E-state index contributed by atoms with van der Waals surface area (Å²) >= 11 is 3.18. The summed E-state index contributed by atoms with van der Waals surface area (Å²) in [5, 5.41) is 0. The Kier molecular flexibility index (Phi) is 4.09. The SMILES string of the molecule is CC1(C)CCN(C(CN)c2ccc(Br)c(F)c2)C1. The first kappa shape index (κ1) is 14.0. The lowest BCUT2D eigenvalue weighted by Gasteiger charge is -2.28. The fraction of sp³-hybridized carbons (Fsp3) is 0.571. The number of hydrogen-bond donors (Lipinski definition) is 1. The first-order valence-corrected chi connectivity index (χ1v) is 7.11. The van der Waals surface area contributed by atoms with Crippen LogP contribution < -0.4 is 5.73 Å². The van der Waals surface area contributed by atoms with Gasteiger partial charge in [0.15, 0.2) is 0 Å². The van der Waals surface area contributed by atoms with Gasteiger partial charge >= 0.3 is 0 Å². The van der Waals surface area contributed by atoms with Crippen molar-refractivity contribution in [2.24, 2.45) is 11.1 Å². The highest BCUT2D eigenvalue weighted by Crippen LogP contribution is 2.34. The van der Waals surface area contributed by atoms with Crippen molar-refractivity contribution in [2.45, 2.75) is 26.3 Å². The molecule has 18 heavy (non-hydrogen) atoms. The Hall–Kier alpha value is -0.450. The van der Waals surface area contributed by atoms with Gasteiger partial charge in [-0.3, -0.25) is 4.90 Å². The van der Waals surface area contributed by atoms with E-state index in [0.29, 0.717) is 16.4 Å². The molecule has 1 heterocycles. The minimum absolute atomic E-state index is 0.120. The van der Waals surface area contributed by atoms with E-state index in [-0.39, 0.29) is 11.9 Å². The average Bonchev–Trinajstić information content (AvgIpc) is 2.65. The zero-order valence-electron chi connectivity index (χ0n) is 10.9. The normalized spacial score (nSPS) is 21.2. The quantitative estimate of drug-likeness (QED) is 0.927. The molecular formula is C14H20BrFN2. The third-order valence-corrected chi connectivity index (χ3v) is 4.34. The monoisotopic (exact) mass is 314 g/mol. The number of benzene rings is 1. The number of nitrogens with zero attached hydrogens (tertiary/aromatic N) is 1. The first-order chi connectivity index (χ1) is 8.43. The number of nitrogens with two attached hydrogens (primary N) is 1. The highest BCUT2D eigenvalue weighted by molar-refractivity contribution is 9.10. The van der Waals surface area contributed by atoms with Crippen LogP contribution in [0.5, 0.6) is 0 Å². The molecule has 1 fully saturated rings. The van der Waals surface area contributed by atoms with Crippen LogP contribution in [0, 0.1) is 11.2 Å². The topological polar surface area (TPSA) is 29.3 Å². The summed E-state index contributed by atoms with van der Waals surface area (Å²) in [5.41, 5.74) is 7.19. The van der Waals surface area contributed by atoms with Crippen LogP contribution in [0.15, 0.2) is 22.7 Å². The Labute approximate surface area is 116 Å². The van der Waals surface area contributed by atoms with Gasteiger partial charge in [-0.05, 0) is 52.0 Å². The van der Waals surface area contributed by atoms with Gasteiger partial charge in [-0.25, -0.2) is 4.39 Å². The molecule has 1 aliphatic rings. The zero-order chi connectivity index (χ0) is 13.3. The third kappa shape index (κ3) is 2.92. The molecule has 0 spiro atoms. The minimum Gasteiger partial charge on any atom is -0.329 e. The predicted molar refractivity (Wildman–Crippen MR) is 75.9 cm³/mol. The minimum atomic E-state index is -0.218. The third-order valence-electron chi connectivity index (χ3n) is 3.70. The lowest BCUT2D eigenvalue weighted by atomic mass is 9.93. The molecule has 0 saturated carbocycles. The van der Waals surface area contributed by atoms with Gasteiger partial charge in [0.1, 0.15) is 5.82 Å². The van der Waals surface area contributed by atoms with Crippen LogP contribution in [0.25, 0.3) is 0 Å². The molecule has 2 N–H and O–H groups in total. The van der Waals surface area contributed by atoms with Gasteiger partial charge in [0.25, 0.3) is 0 Å². The van der Waals surface area contributed by atoms with Crippen molar-refractivity contribution < 1.29 is 4.39 Å². The molecule has 0 bridgehead atoms. The molecule has 0 radical (unpaired) electrons. The molecule has 2 rings (SSSR count). The molecule has 1 unspecified atom stereocenters. The predicted octanol–water partition coefficient (Wildman–Crippen LogP) is 3.32. The number of hydrogen-bond acceptors (Lipinski definition) is 2. The van der Waals surface area contributed by atoms with Crippen LogP contribution in [0.4, 0.5) is 4.39 Å². The molecule has 1 aliphatic heterocycles. The Bertz CT molecular complexity index is 434. The van der Waals surface area contributed by atoms with E-state index in [1.54, 1.807) is 12.1 Å². The molecule has 100 valence electrons. The molecule has 1 atom stereocenters. The fourth-order valence-electron chi connectivity index (χ4n) is 2.64. The number of likely N-dealkylation sites (tertiary alicyclic amines) is 1. The van der Waals surface area contributed by atoms with Crippen LogP contribution in [0.3, 0.4) is 0 Å². The van der Waals surface area contributed by atoms with Crippen molar-refractivity contribution in [3.63, 3.8) is 0 Å². The van der Waals surface area contributed by atoms with E-state index < -0.39 is 0 Å². The summed E-state index contributed by atoms with van der Waals surface area (Å²) in [6.45, 7) is 7.11. The summed E-state index contributed by atoms with van der Waals surface area (Å²) in [4.78, 5) is 2.36. The first-order valence-electron chi connectivity index (χ1n) is 6.32. The standard InChI is InChI=1S/C14H20BrFN2/c1-14(2)5-6-18(9-14)13(8-17)10-3-4-11(15)12(16)7-10/h3-4,7,13H,5-6,8-9,17H2,1-2H3. The van der Waals surface area contributed by atoms with E-state index in [2.05, 4.69) is 34.7 Å². The van der Waals surface area contributed by atoms with Gasteiger partial charge in [0.2, 0.25) is 0 Å². The van der Waals surface area contributed by atoms with E-state index in [1.807, 2.05) is 6.07 Å². The van der Waals surface area contributed by atoms with Crippen LogP contribution in [0.1, 0.15) is 31.9 Å². The van der Waals surface area contributed by atoms with E-state index in [1.165, 1.54) is 6.42 Å². The van der Waals surface area contributed by atoms with Gasteiger partial charge in [-0.1, -0.05) is 19.9 Å². The lowest BCUT2D eigenvalue weighted by molar-refractivity contribution is 0.223. The van der Waals surface area contributed by atoms with Crippen LogP contribution >= 0.6 is 15.9 Å². The average molecular weight is 315 g/mol. The van der Waals surface area contributed by atoms with E-state index in [9.17, 15) is 4.39 Å². The highest BCUT2D eigenvalue weighted by Gasteiger charge is 2.33. The number of rotatable bonds is 3. The summed E-state index contributed by atoms with van der Waals surface area (Å²) in [6.07, 6.45) is 1.17. The number of halogens is 2. The van der Waals surface area contributed by atoms with Crippen LogP contribution in [0.2, 0.25) is 0 Å². The summed E-state index contributed by atoms with van der Waals surface area (Å²) in [7, 11) is 0. The van der Waals surface area contributed by atoms with Gasteiger partial charge in [-0.2, -0.15) is 0 Å². The Balaban J connectivity index is 2.21. The second-order valence-corrected chi connectivity index (χ2v) is 6.66. The molecule has 1 saturated heterocycles. The van der Waals surface area contributed by atoms with Crippen molar-refractivity contribution in [1.82, 2.24) is 4.90 Å². The largest absolute Gasteiger partial charge is 0.329 e. The van der Waals surface area contributed by atoms with Crippen molar-refractivity contribution in [1.29, 1.82) is 0 Å².